The Balaban J connectivity index is 1.72. The van der Waals surface area contributed by atoms with Crippen molar-refractivity contribution in [3.05, 3.63) is 35.5 Å². The number of rotatable bonds is 4. The number of likely N-dealkylation sites (tertiary alicyclic amines) is 1. The van der Waals surface area contributed by atoms with E-state index in [0.717, 1.165) is 62.9 Å². The Kier molecular flexibility index (Phi) is 5.42. The summed E-state index contributed by atoms with van der Waals surface area (Å²) in [4.78, 5) is 30.7. The molecule has 2 aliphatic heterocycles. The Hall–Kier alpha value is -2.30. The number of hydrogen-bond donors (Lipinski definition) is 0. The van der Waals surface area contributed by atoms with Gasteiger partial charge in [0.25, 0.3) is 11.8 Å². The summed E-state index contributed by atoms with van der Waals surface area (Å²) in [6.07, 6.45) is 7.36. The van der Waals surface area contributed by atoms with Gasteiger partial charge in [0, 0.05) is 19.1 Å². The SMILES string of the molecule is COc1ccc(C2=C(N3CCC(C)CC3)C(=O)N(C3CCCCC3)C2=O)cc1. The molecule has 150 valence electrons. The monoisotopic (exact) mass is 382 g/mol. The molecule has 0 spiro atoms. The number of imide groups is 1. The van der Waals surface area contributed by atoms with Gasteiger partial charge in [-0.1, -0.05) is 38.3 Å². The first-order chi connectivity index (χ1) is 13.6. The maximum absolute atomic E-state index is 13.5. The van der Waals surface area contributed by atoms with Crippen molar-refractivity contribution in [3.63, 3.8) is 0 Å². The highest BCUT2D eigenvalue weighted by atomic mass is 16.5. The summed E-state index contributed by atoms with van der Waals surface area (Å²) < 4.78 is 5.26. The molecule has 0 bridgehead atoms. The van der Waals surface area contributed by atoms with Gasteiger partial charge in [-0.2, -0.15) is 0 Å². The first kappa shape index (κ1) is 19.0. The Morgan fingerprint density at radius 2 is 1.54 bits per heavy atom. The van der Waals surface area contributed by atoms with Crippen LogP contribution in [0.15, 0.2) is 30.0 Å². The lowest BCUT2D eigenvalue weighted by molar-refractivity contribution is -0.141. The van der Waals surface area contributed by atoms with Gasteiger partial charge in [0.1, 0.15) is 11.4 Å². The predicted molar refractivity (Wildman–Crippen MR) is 109 cm³/mol. The zero-order chi connectivity index (χ0) is 19.7. The van der Waals surface area contributed by atoms with E-state index in [1.165, 1.54) is 6.42 Å². The van der Waals surface area contributed by atoms with E-state index in [2.05, 4.69) is 11.8 Å². The number of ether oxygens (including phenoxy) is 1. The van der Waals surface area contributed by atoms with Crippen LogP contribution in [-0.2, 0) is 9.59 Å². The molecule has 5 heteroatoms. The molecule has 0 aromatic heterocycles. The smallest absolute Gasteiger partial charge is 0.278 e. The summed E-state index contributed by atoms with van der Waals surface area (Å²) >= 11 is 0. The molecule has 2 fully saturated rings. The minimum absolute atomic E-state index is 0.0446. The number of benzene rings is 1. The van der Waals surface area contributed by atoms with Crippen LogP contribution in [0.4, 0.5) is 0 Å². The third-order valence-electron chi connectivity index (χ3n) is 6.51. The van der Waals surface area contributed by atoms with Crippen LogP contribution in [-0.4, -0.2) is 47.9 Å². The van der Waals surface area contributed by atoms with Crippen LogP contribution < -0.4 is 4.74 Å². The fourth-order valence-electron chi connectivity index (χ4n) is 4.75. The predicted octanol–water partition coefficient (Wildman–Crippen LogP) is 3.84. The second-order valence-electron chi connectivity index (χ2n) is 8.39. The molecule has 5 nitrogen and oxygen atoms in total. The summed E-state index contributed by atoms with van der Waals surface area (Å²) in [6.45, 7) is 3.94. The molecule has 1 saturated heterocycles. The summed E-state index contributed by atoms with van der Waals surface area (Å²) in [5.41, 5.74) is 2.01. The molecule has 2 heterocycles. The van der Waals surface area contributed by atoms with Crippen LogP contribution in [0.2, 0.25) is 0 Å². The van der Waals surface area contributed by atoms with Crippen LogP contribution >= 0.6 is 0 Å². The number of carbonyl (C=O) groups excluding carboxylic acids is 2. The minimum Gasteiger partial charge on any atom is -0.497 e. The standard InChI is InChI=1S/C23H30N2O3/c1-16-12-14-24(15-13-16)21-20(17-8-10-19(28-2)11-9-17)22(26)25(23(21)27)18-6-4-3-5-7-18/h8-11,16,18H,3-7,12-15H2,1-2H3. The van der Waals surface area contributed by atoms with Crippen molar-refractivity contribution in [2.45, 2.75) is 57.9 Å². The zero-order valence-electron chi connectivity index (χ0n) is 16.9. The Labute approximate surface area is 167 Å². The van der Waals surface area contributed by atoms with Crippen molar-refractivity contribution >= 4 is 17.4 Å². The molecule has 1 aromatic carbocycles. The van der Waals surface area contributed by atoms with Crippen molar-refractivity contribution in [1.29, 1.82) is 0 Å². The van der Waals surface area contributed by atoms with Gasteiger partial charge in [-0.25, -0.2) is 0 Å². The van der Waals surface area contributed by atoms with Crippen LogP contribution in [0.3, 0.4) is 0 Å². The molecule has 4 rings (SSSR count). The molecular weight excluding hydrogens is 352 g/mol. The van der Waals surface area contributed by atoms with E-state index in [-0.39, 0.29) is 17.9 Å². The number of methoxy groups -OCH3 is 1. The van der Waals surface area contributed by atoms with E-state index >= 15 is 0 Å². The van der Waals surface area contributed by atoms with Crippen LogP contribution in [0.25, 0.3) is 5.57 Å². The van der Waals surface area contributed by atoms with Crippen molar-refractivity contribution in [2.75, 3.05) is 20.2 Å². The third kappa shape index (κ3) is 3.43. The summed E-state index contributed by atoms with van der Waals surface area (Å²) in [7, 11) is 1.63. The number of carbonyl (C=O) groups is 2. The molecule has 1 aromatic rings. The van der Waals surface area contributed by atoms with Crippen LogP contribution in [0, 0.1) is 5.92 Å². The molecule has 1 saturated carbocycles. The maximum Gasteiger partial charge on any atom is 0.278 e. The largest absolute Gasteiger partial charge is 0.497 e. The van der Waals surface area contributed by atoms with E-state index in [1.54, 1.807) is 12.0 Å². The van der Waals surface area contributed by atoms with E-state index in [0.29, 0.717) is 17.2 Å². The molecule has 28 heavy (non-hydrogen) atoms. The molecule has 0 N–H and O–H groups in total. The lowest BCUT2D eigenvalue weighted by Gasteiger charge is -2.34. The lowest BCUT2D eigenvalue weighted by Crippen LogP contribution is -2.44. The van der Waals surface area contributed by atoms with E-state index in [9.17, 15) is 9.59 Å². The molecule has 0 unspecified atom stereocenters. The Bertz CT molecular complexity index is 770. The van der Waals surface area contributed by atoms with Gasteiger partial charge in [0.2, 0.25) is 0 Å². The van der Waals surface area contributed by atoms with E-state index in [1.807, 2.05) is 24.3 Å². The number of nitrogens with zero attached hydrogens (tertiary/aromatic N) is 2. The van der Waals surface area contributed by atoms with Gasteiger partial charge >= 0.3 is 0 Å². The first-order valence-electron chi connectivity index (χ1n) is 10.6. The zero-order valence-corrected chi connectivity index (χ0v) is 16.9. The van der Waals surface area contributed by atoms with Crippen molar-refractivity contribution in [2.24, 2.45) is 5.92 Å². The summed E-state index contributed by atoms with van der Waals surface area (Å²) in [6, 6.07) is 7.56. The molecule has 3 aliphatic rings. The normalized spacial score (nSPS) is 22.4. The van der Waals surface area contributed by atoms with Crippen molar-refractivity contribution in [3.8, 4) is 5.75 Å². The average molecular weight is 383 g/mol. The van der Waals surface area contributed by atoms with E-state index < -0.39 is 0 Å². The number of piperidine rings is 1. The Morgan fingerprint density at radius 1 is 0.893 bits per heavy atom. The quantitative estimate of drug-likeness (QED) is 0.743. The molecule has 0 radical (unpaired) electrons. The highest BCUT2D eigenvalue weighted by Gasteiger charge is 2.45. The fraction of sp³-hybridized carbons (Fsp3) is 0.565. The maximum atomic E-state index is 13.5. The Morgan fingerprint density at radius 3 is 2.14 bits per heavy atom. The van der Waals surface area contributed by atoms with Gasteiger partial charge in [0.15, 0.2) is 0 Å². The van der Waals surface area contributed by atoms with Gasteiger partial charge in [-0.3, -0.25) is 14.5 Å². The molecule has 0 atom stereocenters. The second-order valence-corrected chi connectivity index (χ2v) is 8.39. The average Bonchev–Trinajstić information content (AvgIpc) is 2.99. The lowest BCUT2D eigenvalue weighted by atomic mass is 9.94. The minimum atomic E-state index is -0.115. The summed E-state index contributed by atoms with van der Waals surface area (Å²) in [5.74, 6) is 1.22. The van der Waals surface area contributed by atoms with Gasteiger partial charge in [0.05, 0.1) is 12.7 Å². The van der Waals surface area contributed by atoms with Crippen molar-refractivity contribution < 1.29 is 14.3 Å². The van der Waals surface area contributed by atoms with Gasteiger partial charge < -0.3 is 9.64 Å². The second kappa shape index (κ2) is 7.98. The van der Waals surface area contributed by atoms with E-state index in [4.69, 9.17) is 4.74 Å². The number of hydrogen-bond acceptors (Lipinski definition) is 4. The highest BCUT2D eigenvalue weighted by Crippen LogP contribution is 2.37. The van der Waals surface area contributed by atoms with Crippen LogP contribution in [0.1, 0.15) is 57.4 Å². The number of amides is 2. The molecule has 1 aliphatic carbocycles. The van der Waals surface area contributed by atoms with Crippen molar-refractivity contribution in [1.82, 2.24) is 9.80 Å². The topological polar surface area (TPSA) is 49.9 Å². The van der Waals surface area contributed by atoms with Gasteiger partial charge in [-0.15, -0.1) is 0 Å². The molecular formula is C23H30N2O3. The van der Waals surface area contributed by atoms with Gasteiger partial charge in [-0.05, 0) is 49.3 Å². The summed E-state index contributed by atoms with van der Waals surface area (Å²) in [5, 5.41) is 0. The van der Waals surface area contributed by atoms with Crippen LogP contribution in [0.5, 0.6) is 5.75 Å². The third-order valence-corrected chi connectivity index (χ3v) is 6.51. The highest BCUT2D eigenvalue weighted by molar-refractivity contribution is 6.35. The fourth-order valence-corrected chi connectivity index (χ4v) is 4.75. The molecule has 2 amide bonds. The first-order valence-corrected chi connectivity index (χ1v) is 10.6.